The molecule has 23 heavy (non-hydrogen) atoms. The zero-order valence-corrected chi connectivity index (χ0v) is 15.1. The first-order valence-corrected chi connectivity index (χ1v) is 8.26. The van der Waals surface area contributed by atoms with Crippen molar-refractivity contribution in [1.82, 2.24) is 10.6 Å². The number of hydrogen-bond acceptors (Lipinski definition) is 3. The summed E-state index contributed by atoms with van der Waals surface area (Å²) >= 11 is 0. The molecule has 5 heteroatoms. The van der Waals surface area contributed by atoms with Gasteiger partial charge in [0.15, 0.2) is 0 Å². The third kappa shape index (κ3) is 6.80. The predicted octanol–water partition coefficient (Wildman–Crippen LogP) is 2.80. The van der Waals surface area contributed by atoms with Crippen LogP contribution in [0.3, 0.4) is 0 Å². The third-order valence-corrected chi connectivity index (χ3v) is 4.00. The van der Waals surface area contributed by atoms with Crippen LogP contribution in [0, 0.1) is 11.8 Å². The van der Waals surface area contributed by atoms with Gasteiger partial charge in [-0.2, -0.15) is 0 Å². The topological polar surface area (TPSA) is 50.4 Å². The highest BCUT2D eigenvalue weighted by atomic mass is 35.5. The lowest BCUT2D eigenvalue weighted by molar-refractivity contribution is -0.121. The highest BCUT2D eigenvalue weighted by molar-refractivity contribution is 5.85. The number of carbonyl (C=O) groups excluding carboxylic acids is 1. The van der Waals surface area contributed by atoms with Crippen LogP contribution in [0.1, 0.15) is 32.8 Å². The van der Waals surface area contributed by atoms with Crippen LogP contribution in [0.4, 0.5) is 0 Å². The van der Waals surface area contributed by atoms with Crippen molar-refractivity contribution >= 4 is 18.3 Å². The number of halogens is 1. The first kappa shape index (κ1) is 19.8. The molecule has 1 aliphatic heterocycles. The molecule has 2 N–H and O–H groups in total. The van der Waals surface area contributed by atoms with Gasteiger partial charge in [-0.15, -0.1) is 12.4 Å². The van der Waals surface area contributed by atoms with Crippen LogP contribution >= 0.6 is 12.4 Å². The van der Waals surface area contributed by atoms with E-state index in [1.165, 1.54) is 0 Å². The van der Waals surface area contributed by atoms with E-state index in [1.807, 2.05) is 24.3 Å². The highest BCUT2D eigenvalue weighted by Gasteiger charge is 2.22. The second-order valence-electron chi connectivity index (χ2n) is 6.67. The van der Waals surface area contributed by atoms with Crippen LogP contribution < -0.4 is 15.4 Å². The highest BCUT2D eigenvalue weighted by Crippen LogP contribution is 2.14. The Balaban J connectivity index is 0.00000264. The molecule has 2 unspecified atom stereocenters. The fourth-order valence-corrected chi connectivity index (χ4v) is 2.64. The van der Waals surface area contributed by atoms with Crippen molar-refractivity contribution in [2.75, 3.05) is 19.7 Å². The van der Waals surface area contributed by atoms with Crippen molar-refractivity contribution in [3.8, 4) is 5.75 Å². The largest absolute Gasteiger partial charge is 0.493 e. The number of carbonyl (C=O) groups is 1. The van der Waals surface area contributed by atoms with Crippen molar-refractivity contribution in [2.24, 2.45) is 11.8 Å². The van der Waals surface area contributed by atoms with Gasteiger partial charge < -0.3 is 15.4 Å². The van der Waals surface area contributed by atoms with Gasteiger partial charge in [-0.3, -0.25) is 4.79 Å². The molecule has 0 bridgehead atoms. The normalized spacial score (nSPS) is 20.7. The number of rotatable bonds is 6. The van der Waals surface area contributed by atoms with Crippen LogP contribution in [-0.2, 0) is 11.2 Å². The Bertz CT molecular complexity index is 476. The standard InChI is InChI=1S/C18H28N2O2.ClH/c1-13(2)12-22-16-6-4-15(5-7-16)10-18(21)20-17-8-9-19-11-14(17)3;/h4-7,13-14,17,19H,8-12H2,1-3H3,(H,20,21);1H. The average Bonchev–Trinajstić information content (AvgIpc) is 2.49. The van der Waals surface area contributed by atoms with Gasteiger partial charge in [0.05, 0.1) is 13.0 Å². The van der Waals surface area contributed by atoms with E-state index < -0.39 is 0 Å². The summed E-state index contributed by atoms with van der Waals surface area (Å²) in [5, 5.41) is 6.51. The minimum absolute atomic E-state index is 0. The van der Waals surface area contributed by atoms with Gasteiger partial charge in [0, 0.05) is 6.04 Å². The molecule has 1 amide bonds. The molecule has 4 nitrogen and oxygen atoms in total. The van der Waals surface area contributed by atoms with Crippen molar-refractivity contribution in [3.63, 3.8) is 0 Å². The Labute approximate surface area is 145 Å². The van der Waals surface area contributed by atoms with E-state index in [2.05, 4.69) is 31.4 Å². The average molecular weight is 341 g/mol. The Morgan fingerprint density at radius 2 is 2.04 bits per heavy atom. The van der Waals surface area contributed by atoms with Gasteiger partial charge in [-0.1, -0.05) is 32.9 Å². The van der Waals surface area contributed by atoms with E-state index in [1.54, 1.807) is 0 Å². The maximum absolute atomic E-state index is 12.2. The molecule has 1 heterocycles. The Morgan fingerprint density at radius 3 is 2.65 bits per heavy atom. The lowest BCUT2D eigenvalue weighted by Gasteiger charge is -2.30. The van der Waals surface area contributed by atoms with Crippen molar-refractivity contribution in [2.45, 2.75) is 39.7 Å². The van der Waals surface area contributed by atoms with E-state index >= 15 is 0 Å². The summed E-state index contributed by atoms with van der Waals surface area (Å²) in [4.78, 5) is 12.2. The van der Waals surface area contributed by atoms with Crippen molar-refractivity contribution < 1.29 is 9.53 Å². The minimum atomic E-state index is 0. The molecular weight excluding hydrogens is 312 g/mol. The molecule has 0 spiro atoms. The van der Waals surface area contributed by atoms with Crippen molar-refractivity contribution in [1.29, 1.82) is 0 Å². The molecule has 0 saturated carbocycles. The van der Waals surface area contributed by atoms with E-state index in [-0.39, 0.29) is 18.3 Å². The first-order valence-electron chi connectivity index (χ1n) is 8.26. The molecule has 1 saturated heterocycles. The smallest absolute Gasteiger partial charge is 0.224 e. The molecule has 2 rings (SSSR count). The third-order valence-electron chi connectivity index (χ3n) is 4.00. The van der Waals surface area contributed by atoms with Gasteiger partial charge in [-0.25, -0.2) is 0 Å². The molecule has 0 aliphatic carbocycles. The van der Waals surface area contributed by atoms with E-state index in [0.717, 1.165) is 30.8 Å². The minimum Gasteiger partial charge on any atom is -0.493 e. The number of benzene rings is 1. The molecule has 1 aliphatic rings. The van der Waals surface area contributed by atoms with Gasteiger partial charge in [0.2, 0.25) is 5.91 Å². The SMILES string of the molecule is CC(C)COc1ccc(CC(=O)NC2CCNCC2C)cc1.Cl. The number of piperidine rings is 1. The quantitative estimate of drug-likeness (QED) is 0.837. The fourth-order valence-electron chi connectivity index (χ4n) is 2.64. The molecule has 0 aromatic heterocycles. The zero-order chi connectivity index (χ0) is 15.9. The van der Waals surface area contributed by atoms with Crippen LogP contribution in [0.5, 0.6) is 5.75 Å². The molecule has 1 aromatic rings. The lowest BCUT2D eigenvalue weighted by atomic mass is 9.95. The Morgan fingerprint density at radius 1 is 1.35 bits per heavy atom. The van der Waals surface area contributed by atoms with Crippen LogP contribution in [-0.4, -0.2) is 31.6 Å². The maximum Gasteiger partial charge on any atom is 0.224 e. The van der Waals surface area contributed by atoms with E-state index in [9.17, 15) is 4.79 Å². The maximum atomic E-state index is 12.2. The number of amides is 1. The Hall–Kier alpha value is -1.26. The van der Waals surface area contributed by atoms with Crippen LogP contribution in [0.15, 0.2) is 24.3 Å². The zero-order valence-electron chi connectivity index (χ0n) is 14.3. The second-order valence-corrected chi connectivity index (χ2v) is 6.67. The van der Waals surface area contributed by atoms with E-state index in [0.29, 0.717) is 30.9 Å². The Kier molecular flexibility index (Phi) is 8.42. The van der Waals surface area contributed by atoms with Gasteiger partial charge in [-0.05, 0) is 49.0 Å². The summed E-state index contributed by atoms with van der Waals surface area (Å²) in [5.74, 6) is 1.97. The van der Waals surface area contributed by atoms with Gasteiger partial charge in [0.1, 0.15) is 5.75 Å². The van der Waals surface area contributed by atoms with Crippen LogP contribution in [0.2, 0.25) is 0 Å². The molecule has 130 valence electrons. The molecule has 1 aromatic carbocycles. The number of nitrogens with one attached hydrogen (secondary N) is 2. The van der Waals surface area contributed by atoms with Crippen molar-refractivity contribution in [3.05, 3.63) is 29.8 Å². The first-order chi connectivity index (χ1) is 10.5. The molecule has 1 fully saturated rings. The summed E-state index contributed by atoms with van der Waals surface area (Å²) < 4.78 is 5.66. The number of hydrogen-bond donors (Lipinski definition) is 2. The molecule has 0 radical (unpaired) electrons. The van der Waals surface area contributed by atoms with E-state index in [4.69, 9.17) is 4.74 Å². The fraction of sp³-hybridized carbons (Fsp3) is 0.611. The van der Waals surface area contributed by atoms with Gasteiger partial charge in [0.25, 0.3) is 0 Å². The summed E-state index contributed by atoms with van der Waals surface area (Å²) in [7, 11) is 0. The summed E-state index contributed by atoms with van der Waals surface area (Å²) in [6, 6.07) is 8.13. The second kappa shape index (κ2) is 9.78. The monoisotopic (exact) mass is 340 g/mol. The molecular formula is C18H29ClN2O2. The molecule has 2 atom stereocenters. The number of ether oxygens (including phenoxy) is 1. The summed E-state index contributed by atoms with van der Waals surface area (Å²) in [6.45, 7) is 9.11. The van der Waals surface area contributed by atoms with Crippen LogP contribution in [0.25, 0.3) is 0 Å². The summed E-state index contributed by atoms with van der Waals surface area (Å²) in [6.07, 6.45) is 1.44. The summed E-state index contributed by atoms with van der Waals surface area (Å²) in [5.41, 5.74) is 1.02. The predicted molar refractivity (Wildman–Crippen MR) is 96.3 cm³/mol. The van der Waals surface area contributed by atoms with Gasteiger partial charge >= 0.3 is 0 Å². The lowest BCUT2D eigenvalue weighted by Crippen LogP contribution is -2.48.